The molecule has 1 aromatic heterocycles. The number of nitrogens with zero attached hydrogens (tertiary/aromatic N) is 2. The number of halogens is 4. The molecule has 1 aromatic carbocycles. The van der Waals surface area contributed by atoms with Gasteiger partial charge in [0.25, 0.3) is 0 Å². The molecule has 0 unspecified atom stereocenters. The second-order valence-electron chi connectivity index (χ2n) is 4.35. The summed E-state index contributed by atoms with van der Waals surface area (Å²) in [5.74, 6) is 0. The highest BCUT2D eigenvalue weighted by Gasteiger charge is 2.37. The summed E-state index contributed by atoms with van der Waals surface area (Å²) >= 11 is 5.92. The zero-order valence-electron chi connectivity index (χ0n) is 10.4. The van der Waals surface area contributed by atoms with E-state index in [0.717, 1.165) is 11.1 Å². The van der Waals surface area contributed by atoms with Crippen molar-refractivity contribution in [3.8, 4) is 0 Å². The second-order valence-corrected chi connectivity index (χ2v) is 4.70. The van der Waals surface area contributed by atoms with E-state index in [9.17, 15) is 13.2 Å². The molecule has 0 aliphatic rings. The average molecular weight is 289 g/mol. The van der Waals surface area contributed by atoms with Crippen molar-refractivity contribution in [2.75, 3.05) is 0 Å². The normalized spacial score (nSPS) is 11.9. The average Bonchev–Trinajstić information content (AvgIpc) is 2.60. The number of hydrogen-bond acceptors (Lipinski definition) is 1. The molecule has 2 aromatic rings. The smallest absolute Gasteiger partial charge is 0.249 e. The van der Waals surface area contributed by atoms with Gasteiger partial charge in [-0.15, -0.1) is 0 Å². The van der Waals surface area contributed by atoms with Gasteiger partial charge in [0.05, 0.1) is 6.54 Å². The predicted octanol–water partition coefficient (Wildman–Crippen LogP) is 4.22. The van der Waals surface area contributed by atoms with E-state index < -0.39 is 11.9 Å². The van der Waals surface area contributed by atoms with Crippen LogP contribution in [0.3, 0.4) is 0 Å². The molecule has 0 radical (unpaired) electrons. The highest BCUT2D eigenvalue weighted by atomic mass is 35.5. The van der Waals surface area contributed by atoms with Gasteiger partial charge in [-0.05, 0) is 25.0 Å². The first-order chi connectivity index (χ1) is 8.80. The van der Waals surface area contributed by atoms with Crippen molar-refractivity contribution in [2.24, 2.45) is 0 Å². The Morgan fingerprint density at radius 3 is 2.37 bits per heavy atom. The van der Waals surface area contributed by atoms with Crippen molar-refractivity contribution >= 4 is 11.6 Å². The Balaban J connectivity index is 2.40. The van der Waals surface area contributed by atoms with Crippen LogP contribution in [-0.4, -0.2) is 9.78 Å². The Labute approximate surface area is 113 Å². The minimum atomic E-state index is -4.48. The molecule has 0 saturated heterocycles. The molecule has 2 rings (SSSR count). The highest BCUT2D eigenvalue weighted by molar-refractivity contribution is 6.30. The maximum atomic E-state index is 12.7. The molecule has 0 saturated carbocycles. The molecule has 0 aliphatic carbocycles. The summed E-state index contributed by atoms with van der Waals surface area (Å²) in [5.41, 5.74) is 0.912. The molecule has 0 amide bonds. The van der Waals surface area contributed by atoms with Crippen molar-refractivity contribution in [3.63, 3.8) is 0 Å². The predicted molar refractivity (Wildman–Crippen MR) is 67.3 cm³/mol. The third-order valence-electron chi connectivity index (χ3n) is 2.96. The molecular weight excluding hydrogens is 277 g/mol. The summed E-state index contributed by atoms with van der Waals surface area (Å²) in [5, 5.41) is 3.60. The Kier molecular flexibility index (Phi) is 3.58. The molecule has 0 aliphatic heterocycles. The van der Waals surface area contributed by atoms with Crippen molar-refractivity contribution in [1.82, 2.24) is 9.78 Å². The monoisotopic (exact) mass is 288 g/mol. The molecule has 0 N–H and O–H groups in total. The molecular formula is C13H12ClF3N2. The first-order valence-corrected chi connectivity index (χ1v) is 6.03. The number of aromatic nitrogens is 2. The second kappa shape index (κ2) is 4.89. The lowest BCUT2D eigenvalue weighted by molar-refractivity contribution is -0.141. The van der Waals surface area contributed by atoms with E-state index >= 15 is 0 Å². The van der Waals surface area contributed by atoms with E-state index in [4.69, 9.17) is 11.6 Å². The number of hydrogen-bond donors (Lipinski definition) is 0. The Bertz CT molecular complexity index is 602. The van der Waals surface area contributed by atoms with E-state index in [1.165, 1.54) is 11.6 Å². The van der Waals surface area contributed by atoms with Crippen LogP contribution in [0, 0.1) is 13.8 Å². The topological polar surface area (TPSA) is 17.8 Å². The summed E-state index contributed by atoms with van der Waals surface area (Å²) < 4.78 is 39.4. The minimum Gasteiger partial charge on any atom is -0.249 e. The van der Waals surface area contributed by atoms with Crippen LogP contribution >= 0.6 is 11.6 Å². The fourth-order valence-corrected chi connectivity index (χ4v) is 2.04. The summed E-state index contributed by atoms with van der Waals surface area (Å²) in [6.45, 7) is 3.44. The number of rotatable bonds is 2. The molecule has 6 heteroatoms. The van der Waals surface area contributed by atoms with Crippen molar-refractivity contribution in [1.29, 1.82) is 0 Å². The van der Waals surface area contributed by atoms with E-state index in [1.807, 2.05) is 31.2 Å². The van der Waals surface area contributed by atoms with Gasteiger partial charge in [0.15, 0.2) is 5.69 Å². The molecule has 0 bridgehead atoms. The summed E-state index contributed by atoms with van der Waals surface area (Å²) in [4.78, 5) is 0. The van der Waals surface area contributed by atoms with Gasteiger partial charge in [0.1, 0.15) is 5.15 Å². The molecule has 1 heterocycles. The van der Waals surface area contributed by atoms with Gasteiger partial charge in [-0.3, -0.25) is 0 Å². The SMILES string of the molecule is Cc1ccccc1Cn1nc(C(F)(F)F)c(C)c1Cl. The number of aryl methyl sites for hydroxylation is 1. The van der Waals surface area contributed by atoms with Crippen molar-refractivity contribution < 1.29 is 13.2 Å². The minimum absolute atomic E-state index is 0.0237. The van der Waals surface area contributed by atoms with Gasteiger partial charge in [0, 0.05) is 5.56 Å². The largest absolute Gasteiger partial charge is 0.435 e. The van der Waals surface area contributed by atoms with Crippen LogP contribution in [0.15, 0.2) is 24.3 Å². The van der Waals surface area contributed by atoms with Crippen molar-refractivity contribution in [3.05, 3.63) is 51.8 Å². The van der Waals surface area contributed by atoms with E-state index in [0.29, 0.717) is 0 Å². The molecule has 2 nitrogen and oxygen atoms in total. The first kappa shape index (κ1) is 13.9. The third kappa shape index (κ3) is 2.76. The van der Waals surface area contributed by atoms with Gasteiger partial charge >= 0.3 is 6.18 Å². The van der Waals surface area contributed by atoms with Crippen molar-refractivity contribution in [2.45, 2.75) is 26.6 Å². The van der Waals surface area contributed by atoms with E-state index in [2.05, 4.69) is 5.10 Å². The third-order valence-corrected chi connectivity index (χ3v) is 3.44. The lowest BCUT2D eigenvalue weighted by atomic mass is 10.1. The van der Waals surface area contributed by atoms with Crippen LogP contribution in [0.4, 0.5) is 13.2 Å². The molecule has 102 valence electrons. The Morgan fingerprint density at radius 1 is 1.21 bits per heavy atom. The molecule has 0 atom stereocenters. The lowest BCUT2D eigenvalue weighted by Crippen LogP contribution is -2.09. The number of benzene rings is 1. The molecule has 19 heavy (non-hydrogen) atoms. The molecule has 0 fully saturated rings. The Morgan fingerprint density at radius 2 is 1.84 bits per heavy atom. The van der Waals surface area contributed by atoms with Gasteiger partial charge in [-0.2, -0.15) is 18.3 Å². The zero-order chi connectivity index (χ0) is 14.2. The first-order valence-electron chi connectivity index (χ1n) is 5.65. The fourth-order valence-electron chi connectivity index (χ4n) is 1.85. The molecule has 0 spiro atoms. The van der Waals surface area contributed by atoms with Crippen LogP contribution < -0.4 is 0 Å². The summed E-state index contributed by atoms with van der Waals surface area (Å²) in [7, 11) is 0. The van der Waals surface area contributed by atoms with Gasteiger partial charge in [-0.1, -0.05) is 35.9 Å². The van der Waals surface area contributed by atoms with Crippen LogP contribution in [0.2, 0.25) is 5.15 Å². The highest BCUT2D eigenvalue weighted by Crippen LogP contribution is 2.34. The fraction of sp³-hybridized carbons (Fsp3) is 0.308. The maximum absolute atomic E-state index is 12.7. The zero-order valence-corrected chi connectivity index (χ0v) is 11.2. The maximum Gasteiger partial charge on any atom is 0.435 e. The quantitative estimate of drug-likeness (QED) is 0.809. The van der Waals surface area contributed by atoms with Crippen LogP contribution in [-0.2, 0) is 12.7 Å². The van der Waals surface area contributed by atoms with E-state index in [1.54, 1.807) is 0 Å². The number of alkyl halides is 3. The van der Waals surface area contributed by atoms with Gasteiger partial charge in [-0.25, -0.2) is 4.68 Å². The lowest BCUT2D eigenvalue weighted by Gasteiger charge is -2.06. The van der Waals surface area contributed by atoms with Crippen LogP contribution in [0.25, 0.3) is 0 Å². The van der Waals surface area contributed by atoms with E-state index in [-0.39, 0.29) is 17.3 Å². The standard InChI is InChI=1S/C13H12ClF3N2/c1-8-5-3-4-6-10(8)7-19-12(14)9(2)11(18-19)13(15,16)17/h3-6H,7H2,1-2H3. The summed E-state index contributed by atoms with van der Waals surface area (Å²) in [6, 6.07) is 7.44. The van der Waals surface area contributed by atoms with Crippen LogP contribution in [0.5, 0.6) is 0 Å². The van der Waals surface area contributed by atoms with Gasteiger partial charge in [0.2, 0.25) is 0 Å². The Hall–Kier alpha value is -1.49. The van der Waals surface area contributed by atoms with Gasteiger partial charge < -0.3 is 0 Å². The van der Waals surface area contributed by atoms with Crippen LogP contribution in [0.1, 0.15) is 22.4 Å². The summed E-state index contributed by atoms with van der Waals surface area (Å²) in [6.07, 6.45) is -4.48.